The van der Waals surface area contributed by atoms with Gasteiger partial charge in [-0.15, -0.1) is 0 Å². The van der Waals surface area contributed by atoms with E-state index in [0.717, 1.165) is 10.7 Å². The monoisotopic (exact) mass is 357 g/mol. The van der Waals surface area contributed by atoms with Crippen LogP contribution in [0.3, 0.4) is 0 Å². The Morgan fingerprint density at radius 3 is 2.26 bits per heavy atom. The molecule has 1 aromatic carbocycles. The highest BCUT2D eigenvalue weighted by molar-refractivity contribution is 7.71. The lowest BCUT2D eigenvalue weighted by atomic mass is 10.0. The van der Waals surface area contributed by atoms with Crippen LogP contribution in [0.15, 0.2) is 18.2 Å². The summed E-state index contributed by atoms with van der Waals surface area (Å²) in [4.78, 5) is 3.68. The molecule has 0 fully saturated rings. The highest BCUT2D eigenvalue weighted by Crippen LogP contribution is 2.37. The topological polar surface area (TPSA) is 53.8 Å². The molecule has 2 rings (SSSR count). The van der Waals surface area contributed by atoms with Gasteiger partial charge in [0.15, 0.2) is 0 Å². The van der Waals surface area contributed by atoms with E-state index in [9.17, 15) is 26.3 Å². The molecular weight excluding hydrogens is 348 g/mol. The van der Waals surface area contributed by atoms with Crippen LogP contribution >= 0.6 is 12.2 Å². The summed E-state index contributed by atoms with van der Waals surface area (Å²) in [5.74, 6) is 0.0375. The number of aliphatic hydroxyl groups excluding tert-OH is 1. The summed E-state index contributed by atoms with van der Waals surface area (Å²) in [6.45, 7) is -0.964. The highest BCUT2D eigenvalue weighted by Gasteiger charge is 2.38. The lowest BCUT2D eigenvalue weighted by Crippen LogP contribution is -2.15. The van der Waals surface area contributed by atoms with Gasteiger partial charge in [-0.2, -0.15) is 26.3 Å². The number of hydrogen-bond acceptors (Lipinski definition) is 3. The van der Waals surface area contributed by atoms with Crippen LogP contribution in [0.25, 0.3) is 0 Å². The van der Waals surface area contributed by atoms with E-state index in [-0.39, 0.29) is 16.7 Å². The van der Waals surface area contributed by atoms with Crippen LogP contribution in [0.4, 0.5) is 26.3 Å². The molecule has 0 saturated heterocycles. The number of hydrogen-bond donors (Lipinski definition) is 2. The minimum Gasteiger partial charge on any atom is -0.388 e. The van der Waals surface area contributed by atoms with Crippen LogP contribution in [0.2, 0.25) is 0 Å². The molecule has 0 amide bonds. The minimum atomic E-state index is -4.96. The summed E-state index contributed by atoms with van der Waals surface area (Å²) < 4.78 is 77.8. The zero-order valence-corrected chi connectivity index (χ0v) is 12.0. The second-order valence-electron chi connectivity index (χ2n) is 4.56. The van der Waals surface area contributed by atoms with Crippen LogP contribution < -0.4 is 0 Å². The number of benzene rings is 1. The Bertz CT molecular complexity index is 761. The van der Waals surface area contributed by atoms with Gasteiger partial charge in [-0.3, -0.25) is 9.78 Å². The standard InChI is InChI=1S/C12H9F6N3OS/c13-11(14,15)7-2-1-6(8(3-7)12(16,17)18)4-21-10(23)19-9(5-22)20-21/h1-3,22H,4-5H2,(H,19,20,23). The summed E-state index contributed by atoms with van der Waals surface area (Å²) in [7, 11) is 0. The molecule has 0 atom stereocenters. The Morgan fingerprint density at radius 2 is 1.78 bits per heavy atom. The average molecular weight is 357 g/mol. The van der Waals surface area contributed by atoms with Crippen molar-refractivity contribution < 1.29 is 31.4 Å². The number of halogens is 6. The maximum Gasteiger partial charge on any atom is 0.416 e. The number of nitrogens with zero attached hydrogens (tertiary/aromatic N) is 2. The van der Waals surface area contributed by atoms with E-state index in [2.05, 4.69) is 10.1 Å². The van der Waals surface area contributed by atoms with Crippen LogP contribution in [0.5, 0.6) is 0 Å². The Kier molecular flexibility index (Phi) is 4.53. The van der Waals surface area contributed by atoms with Gasteiger partial charge in [0.1, 0.15) is 12.4 Å². The summed E-state index contributed by atoms with van der Waals surface area (Å²) in [6.07, 6.45) is -9.84. The first-order valence-corrected chi connectivity index (χ1v) is 6.47. The predicted molar refractivity (Wildman–Crippen MR) is 68.9 cm³/mol. The van der Waals surface area contributed by atoms with Crippen molar-refractivity contribution in [3.63, 3.8) is 0 Å². The molecule has 0 unspecified atom stereocenters. The summed E-state index contributed by atoms with van der Waals surface area (Å²) in [5, 5.41) is 11.4. The quantitative estimate of drug-likeness (QED) is 0.653. The maximum atomic E-state index is 13.0. The van der Waals surface area contributed by atoms with Crippen molar-refractivity contribution in [3.8, 4) is 0 Å². The number of aromatic nitrogens is 3. The van der Waals surface area contributed by atoms with Crippen LogP contribution in [-0.4, -0.2) is 19.9 Å². The van der Waals surface area contributed by atoms with Gasteiger partial charge in [0.2, 0.25) is 4.77 Å². The fourth-order valence-electron chi connectivity index (χ4n) is 1.91. The Balaban J connectivity index is 2.49. The molecule has 0 radical (unpaired) electrons. The first kappa shape index (κ1) is 17.5. The number of aliphatic hydroxyl groups is 1. The van der Waals surface area contributed by atoms with Gasteiger partial charge in [-0.1, -0.05) is 6.07 Å². The minimum absolute atomic E-state index is 0.0375. The third kappa shape index (κ3) is 3.91. The van der Waals surface area contributed by atoms with E-state index in [1.165, 1.54) is 0 Å². The third-order valence-electron chi connectivity index (χ3n) is 2.95. The Morgan fingerprint density at radius 1 is 1.13 bits per heavy atom. The van der Waals surface area contributed by atoms with E-state index >= 15 is 0 Å². The largest absolute Gasteiger partial charge is 0.416 e. The van der Waals surface area contributed by atoms with E-state index in [4.69, 9.17) is 17.3 Å². The van der Waals surface area contributed by atoms with E-state index < -0.39 is 42.2 Å². The van der Waals surface area contributed by atoms with Crippen molar-refractivity contribution in [1.82, 2.24) is 14.8 Å². The van der Waals surface area contributed by atoms with Crippen molar-refractivity contribution in [1.29, 1.82) is 0 Å². The van der Waals surface area contributed by atoms with Crippen molar-refractivity contribution in [3.05, 3.63) is 45.5 Å². The van der Waals surface area contributed by atoms with Crippen molar-refractivity contribution >= 4 is 12.2 Å². The van der Waals surface area contributed by atoms with Gasteiger partial charge in [0.25, 0.3) is 0 Å². The fourth-order valence-corrected chi connectivity index (χ4v) is 2.13. The lowest BCUT2D eigenvalue weighted by Gasteiger charge is -2.16. The Labute approximate surface area is 130 Å². The summed E-state index contributed by atoms with van der Waals surface area (Å²) in [6, 6.07) is 1.37. The number of rotatable bonds is 3. The molecule has 0 aliphatic carbocycles. The molecule has 0 aliphatic rings. The fraction of sp³-hybridized carbons (Fsp3) is 0.333. The van der Waals surface area contributed by atoms with Crippen LogP contribution in [-0.2, 0) is 25.5 Å². The Hall–Kier alpha value is -1.88. The van der Waals surface area contributed by atoms with Crippen LogP contribution in [0, 0.1) is 4.77 Å². The molecule has 11 heteroatoms. The number of alkyl halides is 6. The molecular formula is C12H9F6N3OS. The van der Waals surface area contributed by atoms with Gasteiger partial charge >= 0.3 is 12.4 Å². The SMILES string of the molecule is OCc1nc(=S)n(Cc2ccc(C(F)(F)F)cc2C(F)(F)F)[nH]1. The number of nitrogens with one attached hydrogen (secondary N) is 1. The molecule has 0 saturated carbocycles. The molecule has 2 aromatic rings. The molecule has 1 heterocycles. The maximum absolute atomic E-state index is 13.0. The smallest absolute Gasteiger partial charge is 0.388 e. The van der Waals surface area contributed by atoms with Gasteiger partial charge in [-0.05, 0) is 29.9 Å². The van der Waals surface area contributed by atoms with Gasteiger partial charge in [-0.25, -0.2) is 4.98 Å². The second-order valence-corrected chi connectivity index (χ2v) is 4.93. The number of aromatic amines is 1. The van der Waals surface area contributed by atoms with Gasteiger partial charge in [0.05, 0.1) is 17.7 Å². The highest BCUT2D eigenvalue weighted by atomic mass is 32.1. The van der Waals surface area contributed by atoms with Crippen molar-refractivity contribution in [2.75, 3.05) is 0 Å². The van der Waals surface area contributed by atoms with Gasteiger partial charge < -0.3 is 5.11 Å². The molecule has 1 aromatic heterocycles. The normalized spacial score (nSPS) is 12.7. The molecule has 2 N–H and O–H groups in total. The van der Waals surface area contributed by atoms with E-state index in [1.54, 1.807) is 0 Å². The first-order valence-electron chi connectivity index (χ1n) is 6.06. The zero-order chi connectivity index (χ0) is 17.4. The average Bonchev–Trinajstić information content (AvgIpc) is 2.77. The van der Waals surface area contributed by atoms with Gasteiger partial charge in [0, 0.05) is 0 Å². The summed E-state index contributed by atoms with van der Waals surface area (Å²) in [5.41, 5.74) is -3.21. The first-order chi connectivity index (χ1) is 10.5. The van der Waals surface area contributed by atoms with Crippen molar-refractivity contribution in [2.45, 2.75) is 25.5 Å². The van der Waals surface area contributed by atoms with E-state index in [1.807, 2.05) is 0 Å². The van der Waals surface area contributed by atoms with Crippen LogP contribution in [0.1, 0.15) is 22.5 Å². The second kappa shape index (κ2) is 5.96. The lowest BCUT2D eigenvalue weighted by molar-refractivity contribution is -0.143. The predicted octanol–water partition coefficient (Wildman–Crippen LogP) is 3.52. The molecule has 0 bridgehead atoms. The molecule has 126 valence electrons. The summed E-state index contributed by atoms with van der Waals surface area (Å²) >= 11 is 4.81. The third-order valence-corrected chi connectivity index (χ3v) is 3.26. The van der Waals surface area contributed by atoms with E-state index in [0.29, 0.717) is 6.07 Å². The molecule has 0 aliphatic heterocycles. The molecule has 0 spiro atoms. The molecule has 4 nitrogen and oxygen atoms in total. The van der Waals surface area contributed by atoms with Crippen molar-refractivity contribution in [2.24, 2.45) is 0 Å². The number of H-pyrrole nitrogens is 1. The zero-order valence-electron chi connectivity index (χ0n) is 11.2. The molecule has 23 heavy (non-hydrogen) atoms.